The topological polar surface area (TPSA) is 78.4 Å². The number of aliphatic carboxylic acids is 1. The molecule has 0 fully saturated rings. The van der Waals surface area contributed by atoms with Crippen LogP contribution in [0.15, 0.2) is 22.7 Å². The van der Waals surface area contributed by atoms with Gasteiger partial charge in [0.05, 0.1) is 4.47 Å². The minimum atomic E-state index is -1.33. The third-order valence-electron chi connectivity index (χ3n) is 3.04. The van der Waals surface area contributed by atoms with E-state index in [0.717, 1.165) is 0 Å². The van der Waals surface area contributed by atoms with Gasteiger partial charge < -0.3 is 15.7 Å². The van der Waals surface area contributed by atoms with E-state index < -0.39 is 23.4 Å². The Morgan fingerprint density at radius 1 is 1.45 bits per heavy atom. The normalized spacial score (nSPS) is 13.4. The number of hydrogen-bond donors (Lipinski definition) is 3. The van der Waals surface area contributed by atoms with Gasteiger partial charge in [0.1, 0.15) is 11.4 Å². The number of hydrogen-bond acceptors (Lipinski definition) is 2. The van der Waals surface area contributed by atoms with Crippen LogP contribution in [-0.2, 0) is 11.3 Å². The molecule has 0 spiro atoms. The molecule has 1 aromatic rings. The second-order valence-electron chi connectivity index (χ2n) is 4.51. The second kappa shape index (κ2) is 6.69. The SMILES string of the molecule is CCC(C)(NC(=O)NCc1cccc(F)c1Br)C(=O)O. The summed E-state index contributed by atoms with van der Waals surface area (Å²) in [7, 11) is 0. The fourth-order valence-electron chi connectivity index (χ4n) is 1.45. The van der Waals surface area contributed by atoms with Gasteiger partial charge in [-0.1, -0.05) is 19.1 Å². The highest BCUT2D eigenvalue weighted by Gasteiger charge is 2.32. The van der Waals surface area contributed by atoms with E-state index in [9.17, 15) is 14.0 Å². The number of carbonyl (C=O) groups is 2. The molecule has 1 unspecified atom stereocenters. The zero-order valence-corrected chi connectivity index (χ0v) is 12.8. The minimum absolute atomic E-state index is 0.0869. The fraction of sp³-hybridized carbons (Fsp3) is 0.385. The van der Waals surface area contributed by atoms with E-state index in [2.05, 4.69) is 26.6 Å². The van der Waals surface area contributed by atoms with Crippen molar-refractivity contribution < 1.29 is 19.1 Å². The Morgan fingerprint density at radius 2 is 2.10 bits per heavy atom. The zero-order valence-electron chi connectivity index (χ0n) is 11.2. The number of halogens is 2. The molecular weight excluding hydrogens is 331 g/mol. The number of carboxylic acids is 1. The van der Waals surface area contributed by atoms with Crippen molar-refractivity contribution in [1.82, 2.24) is 10.6 Å². The molecule has 0 bridgehead atoms. The number of nitrogens with one attached hydrogen (secondary N) is 2. The Kier molecular flexibility index (Phi) is 5.50. The molecule has 20 heavy (non-hydrogen) atoms. The minimum Gasteiger partial charge on any atom is -0.480 e. The molecule has 0 saturated carbocycles. The van der Waals surface area contributed by atoms with Crippen molar-refractivity contribution in [2.45, 2.75) is 32.4 Å². The molecule has 0 aliphatic carbocycles. The number of carbonyl (C=O) groups excluding carboxylic acids is 1. The molecule has 1 rings (SSSR count). The highest BCUT2D eigenvalue weighted by atomic mass is 79.9. The Hall–Kier alpha value is -1.63. The highest BCUT2D eigenvalue weighted by molar-refractivity contribution is 9.10. The van der Waals surface area contributed by atoms with Gasteiger partial charge >= 0.3 is 12.0 Å². The molecule has 0 radical (unpaired) electrons. The maximum absolute atomic E-state index is 13.3. The summed E-state index contributed by atoms with van der Waals surface area (Å²) in [5.74, 6) is -1.53. The number of rotatable bonds is 5. The summed E-state index contributed by atoms with van der Waals surface area (Å²) in [6.45, 7) is 3.17. The van der Waals surface area contributed by atoms with Crippen LogP contribution < -0.4 is 10.6 Å². The summed E-state index contributed by atoms with van der Waals surface area (Å²) in [6.07, 6.45) is 0.249. The average Bonchev–Trinajstić information content (AvgIpc) is 2.40. The smallest absolute Gasteiger partial charge is 0.329 e. The maximum Gasteiger partial charge on any atom is 0.329 e. The van der Waals surface area contributed by atoms with Crippen molar-refractivity contribution in [2.75, 3.05) is 0 Å². The van der Waals surface area contributed by atoms with Crippen LogP contribution in [0.3, 0.4) is 0 Å². The van der Waals surface area contributed by atoms with Crippen LogP contribution in [0.1, 0.15) is 25.8 Å². The summed E-state index contributed by atoms with van der Waals surface area (Å²) in [5, 5.41) is 13.9. The summed E-state index contributed by atoms with van der Waals surface area (Å²) >= 11 is 3.09. The lowest BCUT2D eigenvalue weighted by Gasteiger charge is -2.24. The van der Waals surface area contributed by atoms with E-state index in [4.69, 9.17) is 5.11 Å². The van der Waals surface area contributed by atoms with Crippen molar-refractivity contribution in [3.05, 3.63) is 34.1 Å². The van der Waals surface area contributed by atoms with E-state index in [0.29, 0.717) is 5.56 Å². The van der Waals surface area contributed by atoms with Gasteiger partial charge in [-0.05, 0) is 40.9 Å². The Balaban J connectivity index is 2.64. The van der Waals surface area contributed by atoms with Gasteiger partial charge in [-0.3, -0.25) is 0 Å². The number of urea groups is 1. The Bertz CT molecular complexity index is 524. The number of carboxylic acid groups (broad SMARTS) is 1. The van der Waals surface area contributed by atoms with Gasteiger partial charge in [-0.15, -0.1) is 0 Å². The monoisotopic (exact) mass is 346 g/mol. The van der Waals surface area contributed by atoms with Crippen LogP contribution in [0, 0.1) is 5.82 Å². The molecule has 1 atom stereocenters. The molecule has 110 valence electrons. The van der Waals surface area contributed by atoms with E-state index in [-0.39, 0.29) is 17.4 Å². The van der Waals surface area contributed by atoms with Crippen molar-refractivity contribution >= 4 is 27.9 Å². The Morgan fingerprint density at radius 3 is 2.65 bits per heavy atom. The van der Waals surface area contributed by atoms with Crippen molar-refractivity contribution in [3.63, 3.8) is 0 Å². The molecule has 2 amide bonds. The quantitative estimate of drug-likeness (QED) is 0.766. The van der Waals surface area contributed by atoms with Gasteiger partial charge in [0, 0.05) is 6.54 Å². The zero-order chi connectivity index (χ0) is 15.3. The predicted molar refractivity (Wildman–Crippen MR) is 75.8 cm³/mol. The molecule has 0 aromatic heterocycles. The standard InChI is InChI=1S/C13H16BrFN2O3/c1-3-13(2,11(18)19)17-12(20)16-7-8-5-4-6-9(15)10(8)14/h4-6H,3,7H2,1-2H3,(H,18,19)(H2,16,17,20). The van der Waals surface area contributed by atoms with E-state index in [1.54, 1.807) is 13.0 Å². The summed E-state index contributed by atoms with van der Waals surface area (Å²) in [6, 6.07) is 3.87. The lowest BCUT2D eigenvalue weighted by atomic mass is 10.00. The van der Waals surface area contributed by atoms with Crippen LogP contribution in [0.4, 0.5) is 9.18 Å². The first-order chi connectivity index (χ1) is 9.30. The average molecular weight is 347 g/mol. The van der Waals surface area contributed by atoms with Gasteiger partial charge in [0.25, 0.3) is 0 Å². The molecule has 5 nitrogen and oxygen atoms in total. The summed E-state index contributed by atoms with van der Waals surface area (Å²) < 4.78 is 13.6. The number of benzene rings is 1. The number of amides is 2. The molecular formula is C13H16BrFN2O3. The van der Waals surface area contributed by atoms with Gasteiger partial charge in [0.15, 0.2) is 0 Å². The Labute approximate surface area is 124 Å². The van der Waals surface area contributed by atoms with Gasteiger partial charge in [0.2, 0.25) is 0 Å². The van der Waals surface area contributed by atoms with E-state index >= 15 is 0 Å². The largest absolute Gasteiger partial charge is 0.480 e. The lowest BCUT2D eigenvalue weighted by molar-refractivity contribution is -0.143. The molecule has 7 heteroatoms. The molecule has 3 N–H and O–H groups in total. The van der Waals surface area contributed by atoms with Crippen molar-refractivity contribution in [3.8, 4) is 0 Å². The maximum atomic E-state index is 13.3. The summed E-state index contributed by atoms with van der Waals surface area (Å²) in [5.41, 5.74) is -0.767. The molecule has 1 aromatic carbocycles. The predicted octanol–water partition coefficient (Wildman–Crippen LogP) is 2.64. The molecule has 0 aliphatic heterocycles. The van der Waals surface area contributed by atoms with Crippen LogP contribution in [0.2, 0.25) is 0 Å². The fourth-order valence-corrected chi connectivity index (χ4v) is 1.85. The summed E-state index contributed by atoms with van der Waals surface area (Å²) in [4.78, 5) is 22.8. The first kappa shape index (κ1) is 16.4. The van der Waals surface area contributed by atoms with Crippen LogP contribution in [0.5, 0.6) is 0 Å². The third-order valence-corrected chi connectivity index (χ3v) is 3.93. The van der Waals surface area contributed by atoms with Crippen LogP contribution >= 0.6 is 15.9 Å². The first-order valence-corrected chi connectivity index (χ1v) is 6.81. The van der Waals surface area contributed by atoms with Crippen LogP contribution in [-0.4, -0.2) is 22.6 Å². The molecule has 0 saturated heterocycles. The lowest BCUT2D eigenvalue weighted by Crippen LogP contribution is -2.54. The third kappa shape index (κ3) is 3.93. The molecule has 0 heterocycles. The van der Waals surface area contributed by atoms with Crippen molar-refractivity contribution in [1.29, 1.82) is 0 Å². The second-order valence-corrected chi connectivity index (χ2v) is 5.30. The molecule has 0 aliphatic rings. The van der Waals surface area contributed by atoms with Crippen LogP contribution in [0.25, 0.3) is 0 Å². The first-order valence-electron chi connectivity index (χ1n) is 6.02. The van der Waals surface area contributed by atoms with E-state index in [1.165, 1.54) is 19.1 Å². The van der Waals surface area contributed by atoms with Crippen molar-refractivity contribution in [2.24, 2.45) is 0 Å². The van der Waals surface area contributed by atoms with Gasteiger partial charge in [-0.25, -0.2) is 14.0 Å². The van der Waals surface area contributed by atoms with E-state index in [1.807, 2.05) is 0 Å². The van der Waals surface area contributed by atoms with Gasteiger partial charge in [-0.2, -0.15) is 0 Å². The highest BCUT2D eigenvalue weighted by Crippen LogP contribution is 2.20.